The number of aromatic amines is 1. The van der Waals surface area contributed by atoms with Gasteiger partial charge < -0.3 is 40.0 Å². The Morgan fingerprint density at radius 3 is 1.75 bits per heavy atom. The van der Waals surface area contributed by atoms with Gasteiger partial charge in [0.2, 0.25) is 0 Å². The van der Waals surface area contributed by atoms with Gasteiger partial charge in [-0.1, -0.05) is 23.2 Å². The largest absolute Gasteiger partial charge is 0.443 e. The number of pyridine rings is 2. The number of benzene rings is 2. The fraction of sp³-hybridized carbons (Fsp3) is 0.326. The number of aromatic nitrogens is 4. The van der Waals surface area contributed by atoms with Crippen LogP contribution in [0.3, 0.4) is 0 Å². The van der Waals surface area contributed by atoms with E-state index in [1.807, 2.05) is 69.4 Å². The molecule has 0 saturated carbocycles. The zero-order valence-electron chi connectivity index (χ0n) is 33.7. The van der Waals surface area contributed by atoms with E-state index in [1.54, 1.807) is 24.4 Å². The average Bonchev–Trinajstić information content (AvgIpc) is 3.86. The molecule has 8 rings (SSSR count). The van der Waals surface area contributed by atoms with Crippen molar-refractivity contribution in [2.75, 3.05) is 86.9 Å². The van der Waals surface area contributed by atoms with Crippen molar-refractivity contribution in [3.05, 3.63) is 94.5 Å². The van der Waals surface area contributed by atoms with Crippen LogP contribution in [0.1, 0.15) is 32.2 Å². The first-order valence-electron chi connectivity index (χ1n) is 19.3. The predicted molar refractivity (Wildman–Crippen MR) is 236 cm³/mol. The van der Waals surface area contributed by atoms with Crippen LogP contribution >= 0.6 is 23.2 Å². The first-order chi connectivity index (χ1) is 28.2. The van der Waals surface area contributed by atoms with Gasteiger partial charge in [-0.2, -0.15) is 10.5 Å². The molecule has 16 heteroatoms. The van der Waals surface area contributed by atoms with Gasteiger partial charge in [0.25, 0.3) is 0 Å². The molecule has 0 unspecified atom stereocenters. The first kappa shape index (κ1) is 41.1. The average molecular weight is 834 g/mol. The van der Waals surface area contributed by atoms with Crippen molar-refractivity contribution in [3.8, 4) is 12.1 Å². The molecular weight excluding hydrogens is 787 g/mol. The van der Waals surface area contributed by atoms with Crippen molar-refractivity contribution >= 4 is 85.5 Å². The van der Waals surface area contributed by atoms with E-state index in [0.717, 1.165) is 85.7 Å². The minimum Gasteiger partial charge on any atom is -0.443 e. The van der Waals surface area contributed by atoms with E-state index >= 15 is 0 Å². The summed E-state index contributed by atoms with van der Waals surface area (Å²) in [7, 11) is 4.22. The number of hydrogen-bond donors (Lipinski definition) is 3. The summed E-state index contributed by atoms with van der Waals surface area (Å²) >= 11 is 12.9. The number of anilines is 6. The van der Waals surface area contributed by atoms with Gasteiger partial charge in [0, 0.05) is 116 Å². The Hall–Kier alpha value is -6.03. The summed E-state index contributed by atoms with van der Waals surface area (Å²) in [6.45, 7) is 13.0. The molecule has 14 nitrogen and oxygen atoms in total. The van der Waals surface area contributed by atoms with Gasteiger partial charge in [-0.3, -0.25) is 4.57 Å². The number of H-pyrrole nitrogens is 1. The lowest BCUT2D eigenvalue weighted by atomic mass is 10.2. The first-order valence-corrected chi connectivity index (χ1v) is 20.1. The van der Waals surface area contributed by atoms with Crippen molar-refractivity contribution in [1.29, 1.82) is 10.5 Å². The normalized spacial score (nSPS) is 15.0. The van der Waals surface area contributed by atoms with Crippen LogP contribution in [0, 0.1) is 22.7 Å². The van der Waals surface area contributed by atoms with Crippen LogP contribution in [-0.2, 0) is 4.74 Å². The number of likely N-dealkylation sites (N-methyl/N-ethyl adjacent to an activating group) is 2. The molecule has 2 fully saturated rings. The van der Waals surface area contributed by atoms with Gasteiger partial charge in [0.15, 0.2) is 0 Å². The van der Waals surface area contributed by atoms with E-state index in [9.17, 15) is 15.3 Å². The van der Waals surface area contributed by atoms with Crippen LogP contribution in [0.5, 0.6) is 0 Å². The molecule has 4 aromatic heterocycles. The maximum atomic E-state index is 12.7. The fourth-order valence-electron chi connectivity index (χ4n) is 7.00. The van der Waals surface area contributed by atoms with Crippen LogP contribution in [-0.4, -0.2) is 107 Å². The van der Waals surface area contributed by atoms with Crippen molar-refractivity contribution in [2.45, 2.75) is 26.4 Å². The van der Waals surface area contributed by atoms with Crippen LogP contribution in [0.4, 0.5) is 39.2 Å². The number of nitriles is 2. The third kappa shape index (κ3) is 9.99. The van der Waals surface area contributed by atoms with Crippen LogP contribution in [0.2, 0.25) is 10.0 Å². The number of carbonyl (C=O) groups is 1. The predicted octanol–water partition coefficient (Wildman–Crippen LogP) is 8.42. The molecule has 0 atom stereocenters. The summed E-state index contributed by atoms with van der Waals surface area (Å²) in [4.78, 5) is 33.7. The molecule has 0 amide bonds. The summed E-state index contributed by atoms with van der Waals surface area (Å²) < 4.78 is 6.95. The number of nitrogens with one attached hydrogen (secondary N) is 3. The minimum atomic E-state index is -0.616. The second-order valence-electron chi connectivity index (χ2n) is 15.7. The smallest absolute Gasteiger partial charge is 0.418 e. The highest BCUT2D eigenvalue weighted by atomic mass is 35.5. The number of rotatable bonds is 6. The lowest BCUT2D eigenvalue weighted by Crippen LogP contribution is -2.44. The van der Waals surface area contributed by atoms with E-state index in [-0.39, 0.29) is 0 Å². The standard InChI is InChI=1S/C24H27ClN6O2.C19H19ClN6/c1-24(2,3)33-23(32)31-6-5-19-20(25)12-16(13-21(19)31)27-22-14-18(11-17(15-26)28-22)30-9-7-29(4)8-10-30;1-25-4-6-26(7-5-25)15-8-14(12-21)24-19(11-15)23-13-9-17(20)16-2-3-22-18(16)10-13/h5-6,11-14H,7-10H2,1-4H3,(H,27,28);2-3,8-11,22H,4-7H2,1H3,(H,23,24). The van der Waals surface area contributed by atoms with Crippen molar-refractivity contribution in [1.82, 2.24) is 29.3 Å². The molecule has 2 saturated heterocycles. The molecule has 6 aromatic rings. The molecule has 3 N–H and O–H groups in total. The molecule has 2 aromatic carbocycles. The Bertz CT molecular complexity index is 2570. The van der Waals surface area contributed by atoms with Gasteiger partial charge in [-0.15, -0.1) is 0 Å². The Labute approximate surface area is 353 Å². The Morgan fingerprint density at radius 2 is 1.24 bits per heavy atom. The Morgan fingerprint density at radius 1 is 0.729 bits per heavy atom. The quantitative estimate of drug-likeness (QED) is 0.147. The number of ether oxygens (including phenoxy) is 1. The molecular formula is C43H46Cl2N12O2. The molecule has 6 heterocycles. The summed E-state index contributed by atoms with van der Waals surface area (Å²) in [5, 5.41) is 28.3. The molecule has 0 spiro atoms. The maximum Gasteiger partial charge on any atom is 0.418 e. The van der Waals surface area contributed by atoms with Gasteiger partial charge in [0.05, 0.1) is 15.6 Å². The molecule has 59 heavy (non-hydrogen) atoms. The van der Waals surface area contributed by atoms with E-state index in [0.29, 0.717) is 44.3 Å². The number of nitrogens with zero attached hydrogens (tertiary/aromatic N) is 9. The second kappa shape index (κ2) is 17.4. The zero-order valence-corrected chi connectivity index (χ0v) is 35.2. The summed E-state index contributed by atoms with van der Waals surface area (Å²) in [6, 6.07) is 23.0. The SMILES string of the molecule is CN1CCN(c2cc(C#N)nc(Nc3cc(Cl)c4cc[nH]c4c3)c2)CC1.CN1CCN(c2cc(C#N)nc(Nc3cc(Cl)c4ccn(C(=O)OC(C)(C)C)c4c3)c2)CC1. The van der Waals surface area contributed by atoms with E-state index in [1.165, 1.54) is 4.57 Å². The topological polar surface area (TPSA) is 157 Å². The van der Waals surface area contributed by atoms with Crippen LogP contribution in [0.15, 0.2) is 73.1 Å². The maximum absolute atomic E-state index is 12.7. The summed E-state index contributed by atoms with van der Waals surface area (Å²) in [5.74, 6) is 1.17. The highest BCUT2D eigenvalue weighted by molar-refractivity contribution is 6.36. The van der Waals surface area contributed by atoms with E-state index in [2.05, 4.69) is 71.4 Å². The second-order valence-corrected chi connectivity index (χ2v) is 16.5. The van der Waals surface area contributed by atoms with E-state index < -0.39 is 11.7 Å². The van der Waals surface area contributed by atoms with Crippen LogP contribution < -0.4 is 20.4 Å². The number of piperazine rings is 2. The summed E-state index contributed by atoms with van der Waals surface area (Å²) in [6.07, 6.45) is 3.03. The van der Waals surface area contributed by atoms with Gasteiger partial charge in [0.1, 0.15) is 40.8 Å². The molecule has 2 aliphatic rings. The molecule has 2 aliphatic heterocycles. The zero-order chi connectivity index (χ0) is 41.8. The van der Waals surface area contributed by atoms with Crippen molar-refractivity contribution in [2.24, 2.45) is 0 Å². The Balaban J connectivity index is 0.000000184. The van der Waals surface area contributed by atoms with Gasteiger partial charge in [-0.25, -0.2) is 14.8 Å². The lowest BCUT2D eigenvalue weighted by Gasteiger charge is -2.34. The van der Waals surface area contributed by atoms with Crippen molar-refractivity contribution in [3.63, 3.8) is 0 Å². The third-order valence-electron chi connectivity index (χ3n) is 10.1. The van der Waals surface area contributed by atoms with Crippen LogP contribution in [0.25, 0.3) is 21.8 Å². The molecule has 0 bridgehead atoms. The van der Waals surface area contributed by atoms with E-state index in [4.69, 9.17) is 27.9 Å². The minimum absolute atomic E-state index is 0.332. The molecule has 304 valence electrons. The lowest BCUT2D eigenvalue weighted by molar-refractivity contribution is 0.0544. The third-order valence-corrected chi connectivity index (χ3v) is 10.7. The molecule has 0 aliphatic carbocycles. The summed E-state index contributed by atoms with van der Waals surface area (Å²) in [5.41, 5.74) is 5.13. The fourth-order valence-corrected chi connectivity index (χ4v) is 7.56. The number of hydrogen-bond acceptors (Lipinski definition) is 12. The van der Waals surface area contributed by atoms with Gasteiger partial charge >= 0.3 is 6.09 Å². The number of carbonyl (C=O) groups excluding carboxylic acids is 1. The van der Waals surface area contributed by atoms with Crippen molar-refractivity contribution < 1.29 is 9.53 Å². The van der Waals surface area contributed by atoms with Gasteiger partial charge in [-0.05, 0) is 83.4 Å². The monoisotopic (exact) mass is 832 g/mol. The highest BCUT2D eigenvalue weighted by Crippen LogP contribution is 2.33. The highest BCUT2D eigenvalue weighted by Gasteiger charge is 2.21. The number of fused-ring (bicyclic) bond motifs is 2. The number of halogens is 2. The molecule has 0 radical (unpaired) electrons. The Kier molecular flexibility index (Phi) is 12.2.